The highest BCUT2D eigenvalue weighted by molar-refractivity contribution is 5.89. The Hall–Kier alpha value is -6.90. The molecule has 9 rings (SSSR count). The first-order chi connectivity index (χ1) is 25.8. The lowest BCUT2D eigenvalue weighted by atomic mass is 9.96. The van der Waals surface area contributed by atoms with Crippen LogP contribution in [-0.2, 0) is 0 Å². The van der Waals surface area contributed by atoms with Gasteiger partial charge in [0.05, 0.1) is 0 Å². The van der Waals surface area contributed by atoms with Crippen molar-refractivity contribution in [2.75, 3.05) is 4.90 Å². The van der Waals surface area contributed by atoms with Crippen LogP contribution in [0.4, 0.5) is 17.1 Å². The van der Waals surface area contributed by atoms with Gasteiger partial charge in [0.15, 0.2) is 0 Å². The lowest BCUT2D eigenvalue weighted by Crippen LogP contribution is -2.09. The molecule has 0 unspecified atom stereocenters. The Kier molecular flexibility index (Phi) is 8.24. The summed E-state index contributed by atoms with van der Waals surface area (Å²) < 4.78 is 6.25. The van der Waals surface area contributed by atoms with Crippen LogP contribution in [0.25, 0.3) is 66.8 Å². The molecule has 0 saturated heterocycles. The van der Waals surface area contributed by atoms with E-state index < -0.39 is 0 Å². The molecule has 0 aliphatic heterocycles. The van der Waals surface area contributed by atoms with Crippen LogP contribution in [0, 0.1) is 0 Å². The number of nitrogens with zero attached hydrogens (tertiary/aromatic N) is 1. The summed E-state index contributed by atoms with van der Waals surface area (Å²) in [6, 6.07) is 75.2. The molecule has 246 valence electrons. The second kappa shape index (κ2) is 13.8. The highest BCUT2D eigenvalue weighted by Crippen LogP contribution is 2.39. The van der Waals surface area contributed by atoms with Crippen LogP contribution in [0.1, 0.15) is 0 Å². The number of fused-ring (bicyclic) bond motifs is 1. The summed E-state index contributed by atoms with van der Waals surface area (Å²) in [5, 5.41) is 1.11. The molecule has 0 aliphatic rings. The summed E-state index contributed by atoms with van der Waals surface area (Å²) in [4.78, 5) is 2.31. The number of benzene rings is 8. The molecule has 0 radical (unpaired) electrons. The van der Waals surface area contributed by atoms with Gasteiger partial charge in [-0.1, -0.05) is 158 Å². The van der Waals surface area contributed by atoms with Crippen molar-refractivity contribution in [2.24, 2.45) is 0 Å². The van der Waals surface area contributed by atoms with E-state index in [9.17, 15) is 0 Å². The molecule has 0 bridgehead atoms. The summed E-state index contributed by atoms with van der Waals surface area (Å²) in [5.41, 5.74) is 14.8. The van der Waals surface area contributed by atoms with Crippen molar-refractivity contribution in [1.82, 2.24) is 0 Å². The summed E-state index contributed by atoms with van der Waals surface area (Å²) in [6.07, 6.45) is 0. The number of hydrogen-bond donors (Lipinski definition) is 0. The zero-order valence-electron chi connectivity index (χ0n) is 28.6. The number of hydrogen-bond acceptors (Lipinski definition) is 2. The van der Waals surface area contributed by atoms with E-state index in [0.717, 1.165) is 50.5 Å². The van der Waals surface area contributed by atoms with Crippen LogP contribution in [0.3, 0.4) is 0 Å². The zero-order valence-corrected chi connectivity index (χ0v) is 28.6. The van der Waals surface area contributed by atoms with E-state index in [2.05, 4.69) is 199 Å². The Morgan fingerprint density at radius 3 is 1.37 bits per heavy atom. The summed E-state index contributed by atoms with van der Waals surface area (Å²) in [5.74, 6) is 0.881. The molecule has 0 atom stereocenters. The molecule has 0 fully saturated rings. The predicted molar refractivity (Wildman–Crippen MR) is 218 cm³/mol. The predicted octanol–water partition coefficient (Wildman–Crippen LogP) is 14.2. The van der Waals surface area contributed by atoms with E-state index in [-0.39, 0.29) is 0 Å². The molecule has 0 N–H and O–H groups in total. The Bertz CT molecular complexity index is 2550. The number of furan rings is 1. The lowest BCUT2D eigenvalue weighted by Gasteiger charge is -2.26. The van der Waals surface area contributed by atoms with Crippen molar-refractivity contribution in [3.8, 4) is 55.8 Å². The van der Waals surface area contributed by atoms with Gasteiger partial charge in [-0.15, -0.1) is 0 Å². The topological polar surface area (TPSA) is 16.4 Å². The van der Waals surface area contributed by atoms with Gasteiger partial charge >= 0.3 is 0 Å². The highest BCUT2D eigenvalue weighted by Gasteiger charge is 2.15. The van der Waals surface area contributed by atoms with E-state index in [1.165, 1.54) is 33.4 Å². The van der Waals surface area contributed by atoms with Gasteiger partial charge in [-0.2, -0.15) is 0 Å². The van der Waals surface area contributed by atoms with E-state index in [1.807, 2.05) is 18.2 Å². The Morgan fingerprint density at radius 2 is 0.731 bits per heavy atom. The quantitative estimate of drug-likeness (QED) is 0.161. The third-order valence-corrected chi connectivity index (χ3v) is 9.72. The SMILES string of the molecule is c1ccc(-c2cccc(-c3ccc(N(c4ccccc4)c4ccc(-c5ccc(-c6ccccc6-c6cc7ccccc7o6)cc5)cc4)cc3)c2)cc1. The van der Waals surface area contributed by atoms with Gasteiger partial charge in [0.1, 0.15) is 11.3 Å². The maximum Gasteiger partial charge on any atom is 0.136 e. The number of anilines is 3. The Balaban J connectivity index is 0.988. The van der Waals surface area contributed by atoms with Gasteiger partial charge in [-0.25, -0.2) is 0 Å². The van der Waals surface area contributed by atoms with Crippen molar-refractivity contribution < 1.29 is 4.42 Å². The average Bonchev–Trinajstić information content (AvgIpc) is 3.67. The van der Waals surface area contributed by atoms with E-state index in [0.29, 0.717) is 0 Å². The normalized spacial score (nSPS) is 11.1. The average molecular weight is 666 g/mol. The second-order valence-electron chi connectivity index (χ2n) is 13.0. The smallest absolute Gasteiger partial charge is 0.136 e. The monoisotopic (exact) mass is 665 g/mol. The van der Waals surface area contributed by atoms with Crippen molar-refractivity contribution in [3.05, 3.63) is 212 Å². The van der Waals surface area contributed by atoms with Crippen LogP contribution >= 0.6 is 0 Å². The standard InChI is InChI=1S/C50H35NO/c1-3-12-36(13-4-1)41-15-11-16-42(34-41)39-28-32-46(33-29-39)51(44-17-5-2-6-18-44)45-30-26-38(27-31-45)37-22-24-40(25-23-37)47-19-8-9-20-48(47)50-35-43-14-7-10-21-49(43)52-50/h1-35H. The van der Waals surface area contributed by atoms with Crippen LogP contribution in [0.2, 0.25) is 0 Å². The third kappa shape index (κ3) is 6.19. The largest absolute Gasteiger partial charge is 0.456 e. The molecule has 8 aromatic carbocycles. The molecular weight excluding hydrogens is 631 g/mol. The molecule has 2 nitrogen and oxygen atoms in total. The molecule has 52 heavy (non-hydrogen) atoms. The van der Waals surface area contributed by atoms with Crippen LogP contribution < -0.4 is 4.90 Å². The molecule has 2 heteroatoms. The minimum Gasteiger partial charge on any atom is -0.456 e. The molecule has 0 aliphatic carbocycles. The Morgan fingerprint density at radius 1 is 0.288 bits per heavy atom. The first kappa shape index (κ1) is 31.1. The molecule has 0 saturated carbocycles. The van der Waals surface area contributed by atoms with E-state index in [1.54, 1.807) is 0 Å². The third-order valence-electron chi connectivity index (χ3n) is 9.72. The molecule has 1 aromatic heterocycles. The first-order valence-corrected chi connectivity index (χ1v) is 17.7. The molecule has 9 aromatic rings. The summed E-state index contributed by atoms with van der Waals surface area (Å²) in [6.45, 7) is 0. The van der Waals surface area contributed by atoms with Crippen molar-refractivity contribution in [2.45, 2.75) is 0 Å². The summed E-state index contributed by atoms with van der Waals surface area (Å²) >= 11 is 0. The first-order valence-electron chi connectivity index (χ1n) is 17.7. The second-order valence-corrected chi connectivity index (χ2v) is 13.0. The lowest BCUT2D eigenvalue weighted by molar-refractivity contribution is 0.632. The summed E-state index contributed by atoms with van der Waals surface area (Å²) in [7, 11) is 0. The fourth-order valence-corrected chi connectivity index (χ4v) is 7.05. The van der Waals surface area contributed by atoms with E-state index in [4.69, 9.17) is 4.42 Å². The number of rotatable bonds is 8. The van der Waals surface area contributed by atoms with Crippen LogP contribution in [0.15, 0.2) is 217 Å². The number of para-hydroxylation sites is 2. The van der Waals surface area contributed by atoms with Gasteiger partial charge in [-0.3, -0.25) is 0 Å². The maximum atomic E-state index is 6.25. The van der Waals surface area contributed by atoms with Crippen molar-refractivity contribution >= 4 is 28.0 Å². The minimum absolute atomic E-state index is 0.881. The highest BCUT2D eigenvalue weighted by atomic mass is 16.3. The minimum atomic E-state index is 0.881. The van der Waals surface area contributed by atoms with Gasteiger partial charge < -0.3 is 9.32 Å². The van der Waals surface area contributed by atoms with Gasteiger partial charge in [0.2, 0.25) is 0 Å². The Labute approximate surface area is 304 Å². The molecule has 0 spiro atoms. The fourth-order valence-electron chi connectivity index (χ4n) is 7.05. The van der Waals surface area contributed by atoms with Gasteiger partial charge in [-0.05, 0) is 99.1 Å². The van der Waals surface area contributed by atoms with Crippen LogP contribution in [-0.4, -0.2) is 0 Å². The van der Waals surface area contributed by atoms with Crippen molar-refractivity contribution in [3.63, 3.8) is 0 Å². The van der Waals surface area contributed by atoms with Gasteiger partial charge in [0.25, 0.3) is 0 Å². The molecule has 1 heterocycles. The van der Waals surface area contributed by atoms with Crippen LogP contribution in [0.5, 0.6) is 0 Å². The molecule has 0 amide bonds. The van der Waals surface area contributed by atoms with Crippen molar-refractivity contribution in [1.29, 1.82) is 0 Å². The zero-order chi connectivity index (χ0) is 34.7. The fraction of sp³-hybridized carbons (Fsp3) is 0. The maximum absolute atomic E-state index is 6.25. The van der Waals surface area contributed by atoms with E-state index >= 15 is 0 Å². The van der Waals surface area contributed by atoms with Gasteiger partial charge in [0, 0.05) is 28.0 Å². The molecular formula is C50H35NO.